The Morgan fingerprint density at radius 1 is 1.15 bits per heavy atom. The molecule has 0 heterocycles. The third kappa shape index (κ3) is 5.61. The monoisotopic (exact) mass is 278 g/mol. The van der Waals surface area contributed by atoms with Crippen molar-refractivity contribution in [1.29, 1.82) is 0 Å². The highest BCUT2D eigenvalue weighted by Crippen LogP contribution is 2.20. The molecule has 1 atom stereocenters. The van der Waals surface area contributed by atoms with E-state index < -0.39 is 0 Å². The second-order valence-electron chi connectivity index (χ2n) is 4.64. The van der Waals surface area contributed by atoms with Gasteiger partial charge in [-0.05, 0) is 37.6 Å². The third-order valence-electron chi connectivity index (χ3n) is 3.11. The highest BCUT2D eigenvalue weighted by molar-refractivity contribution is 5.75. The van der Waals surface area contributed by atoms with Gasteiger partial charge in [-0.1, -0.05) is 26.0 Å². The number of carbonyl (C=O) groups is 1. The molecule has 0 saturated heterocycles. The first-order valence-electron chi connectivity index (χ1n) is 7.44. The second kappa shape index (κ2) is 9.37. The molecule has 2 N–H and O–H groups in total. The standard InChI is InChI=1S/C16H26N2O2/c1-4-15(17-5-2)13-7-9-14(10-8-13)20-12-11-16(19)18-6-3/h7-10,15,17H,4-6,11-12H2,1-3H3,(H,18,19). The van der Waals surface area contributed by atoms with E-state index in [4.69, 9.17) is 4.74 Å². The predicted octanol–water partition coefficient (Wildman–Crippen LogP) is 2.65. The highest BCUT2D eigenvalue weighted by Gasteiger charge is 2.07. The van der Waals surface area contributed by atoms with Crippen molar-refractivity contribution in [2.24, 2.45) is 0 Å². The van der Waals surface area contributed by atoms with E-state index in [2.05, 4.69) is 36.6 Å². The fraction of sp³-hybridized carbons (Fsp3) is 0.562. The molecule has 0 bridgehead atoms. The first-order valence-corrected chi connectivity index (χ1v) is 7.44. The summed E-state index contributed by atoms with van der Waals surface area (Å²) in [6.45, 7) is 8.23. The molecule has 1 aromatic carbocycles. The van der Waals surface area contributed by atoms with E-state index in [0.29, 0.717) is 25.6 Å². The van der Waals surface area contributed by atoms with Crippen molar-refractivity contribution in [3.05, 3.63) is 29.8 Å². The molecule has 4 heteroatoms. The van der Waals surface area contributed by atoms with Gasteiger partial charge in [-0.2, -0.15) is 0 Å². The Morgan fingerprint density at radius 2 is 1.85 bits per heavy atom. The van der Waals surface area contributed by atoms with Crippen LogP contribution < -0.4 is 15.4 Å². The molecule has 0 aromatic heterocycles. The molecule has 4 nitrogen and oxygen atoms in total. The molecule has 1 rings (SSSR count). The van der Waals surface area contributed by atoms with Crippen LogP contribution in [0.15, 0.2) is 24.3 Å². The van der Waals surface area contributed by atoms with E-state index in [9.17, 15) is 4.79 Å². The van der Waals surface area contributed by atoms with Gasteiger partial charge >= 0.3 is 0 Å². The lowest BCUT2D eigenvalue weighted by atomic mass is 10.0. The second-order valence-corrected chi connectivity index (χ2v) is 4.64. The zero-order valence-electron chi connectivity index (χ0n) is 12.7. The number of carbonyl (C=O) groups excluding carboxylic acids is 1. The molecule has 1 aromatic rings. The zero-order chi connectivity index (χ0) is 14.8. The summed E-state index contributed by atoms with van der Waals surface area (Å²) in [7, 11) is 0. The van der Waals surface area contributed by atoms with Gasteiger partial charge in [-0.25, -0.2) is 0 Å². The Hall–Kier alpha value is -1.55. The predicted molar refractivity (Wildman–Crippen MR) is 81.9 cm³/mol. The number of hydrogen-bond donors (Lipinski definition) is 2. The maximum absolute atomic E-state index is 11.3. The zero-order valence-corrected chi connectivity index (χ0v) is 12.7. The average Bonchev–Trinajstić information content (AvgIpc) is 2.46. The molecular weight excluding hydrogens is 252 g/mol. The molecule has 0 saturated carbocycles. The number of amides is 1. The molecule has 1 unspecified atom stereocenters. The number of rotatable bonds is 9. The molecule has 0 aliphatic carbocycles. The van der Waals surface area contributed by atoms with Crippen LogP contribution in [-0.2, 0) is 4.79 Å². The van der Waals surface area contributed by atoms with Crippen molar-refractivity contribution < 1.29 is 9.53 Å². The van der Waals surface area contributed by atoms with Crippen molar-refractivity contribution in [3.8, 4) is 5.75 Å². The van der Waals surface area contributed by atoms with Gasteiger partial charge in [0.05, 0.1) is 13.0 Å². The van der Waals surface area contributed by atoms with Crippen molar-refractivity contribution in [3.63, 3.8) is 0 Å². The van der Waals surface area contributed by atoms with Gasteiger partial charge in [0.15, 0.2) is 0 Å². The van der Waals surface area contributed by atoms with Crippen molar-refractivity contribution in [1.82, 2.24) is 10.6 Å². The van der Waals surface area contributed by atoms with Crippen molar-refractivity contribution >= 4 is 5.91 Å². The Bertz CT molecular complexity index is 390. The minimum atomic E-state index is 0.0299. The smallest absolute Gasteiger partial charge is 0.223 e. The summed E-state index contributed by atoms with van der Waals surface area (Å²) in [5.74, 6) is 0.840. The first-order chi connectivity index (χ1) is 9.71. The van der Waals surface area contributed by atoms with Crippen LogP contribution in [0, 0.1) is 0 Å². The van der Waals surface area contributed by atoms with Crippen LogP contribution >= 0.6 is 0 Å². The van der Waals surface area contributed by atoms with Gasteiger partial charge < -0.3 is 15.4 Å². The summed E-state index contributed by atoms with van der Waals surface area (Å²) < 4.78 is 5.57. The Morgan fingerprint density at radius 3 is 2.40 bits per heavy atom. The highest BCUT2D eigenvalue weighted by atomic mass is 16.5. The van der Waals surface area contributed by atoms with Crippen molar-refractivity contribution in [2.75, 3.05) is 19.7 Å². The van der Waals surface area contributed by atoms with Crippen LogP contribution in [0.5, 0.6) is 5.75 Å². The largest absolute Gasteiger partial charge is 0.493 e. The van der Waals surface area contributed by atoms with E-state index in [1.54, 1.807) is 0 Å². The van der Waals surface area contributed by atoms with Gasteiger partial charge in [0.25, 0.3) is 0 Å². The van der Waals surface area contributed by atoms with E-state index in [0.717, 1.165) is 18.7 Å². The molecule has 0 aliphatic rings. The quantitative estimate of drug-likeness (QED) is 0.730. The van der Waals surface area contributed by atoms with Crippen LogP contribution in [-0.4, -0.2) is 25.6 Å². The minimum Gasteiger partial charge on any atom is -0.493 e. The molecular formula is C16H26N2O2. The summed E-state index contributed by atoms with van der Waals surface area (Å²) >= 11 is 0. The number of benzene rings is 1. The summed E-state index contributed by atoms with van der Waals surface area (Å²) in [6, 6.07) is 8.49. The van der Waals surface area contributed by atoms with Crippen LogP contribution in [0.3, 0.4) is 0 Å². The van der Waals surface area contributed by atoms with E-state index >= 15 is 0 Å². The molecule has 0 radical (unpaired) electrons. The normalized spacial score (nSPS) is 11.9. The first kappa shape index (κ1) is 16.5. The number of hydrogen-bond acceptors (Lipinski definition) is 3. The maximum Gasteiger partial charge on any atom is 0.223 e. The third-order valence-corrected chi connectivity index (χ3v) is 3.11. The summed E-state index contributed by atoms with van der Waals surface area (Å²) in [4.78, 5) is 11.3. The van der Waals surface area contributed by atoms with Crippen LogP contribution in [0.25, 0.3) is 0 Å². The van der Waals surface area contributed by atoms with Crippen LogP contribution in [0.4, 0.5) is 0 Å². The van der Waals surface area contributed by atoms with E-state index in [-0.39, 0.29) is 5.91 Å². The number of nitrogens with one attached hydrogen (secondary N) is 2. The lowest BCUT2D eigenvalue weighted by molar-refractivity contribution is -0.121. The molecule has 0 spiro atoms. The topological polar surface area (TPSA) is 50.4 Å². The van der Waals surface area contributed by atoms with E-state index in [1.165, 1.54) is 5.56 Å². The van der Waals surface area contributed by atoms with Crippen LogP contribution in [0.1, 0.15) is 45.2 Å². The maximum atomic E-state index is 11.3. The average molecular weight is 278 g/mol. The van der Waals surface area contributed by atoms with Gasteiger partial charge in [0.1, 0.15) is 5.75 Å². The molecule has 1 amide bonds. The fourth-order valence-electron chi connectivity index (χ4n) is 2.09. The number of ether oxygens (including phenoxy) is 1. The van der Waals surface area contributed by atoms with Gasteiger partial charge in [-0.3, -0.25) is 4.79 Å². The Kier molecular flexibility index (Phi) is 7.73. The van der Waals surface area contributed by atoms with E-state index in [1.807, 2.05) is 19.1 Å². The van der Waals surface area contributed by atoms with Gasteiger partial charge in [0.2, 0.25) is 5.91 Å². The molecule has 0 fully saturated rings. The van der Waals surface area contributed by atoms with Crippen LogP contribution in [0.2, 0.25) is 0 Å². The molecule has 112 valence electrons. The summed E-state index contributed by atoms with van der Waals surface area (Å²) in [6.07, 6.45) is 1.45. The Labute approximate surface area is 121 Å². The SMILES string of the molecule is CCNC(=O)CCOc1ccc(C(CC)NCC)cc1. The molecule has 0 aliphatic heterocycles. The van der Waals surface area contributed by atoms with Gasteiger partial charge in [-0.15, -0.1) is 0 Å². The van der Waals surface area contributed by atoms with Crippen molar-refractivity contribution in [2.45, 2.75) is 39.7 Å². The lowest BCUT2D eigenvalue weighted by Gasteiger charge is -2.16. The summed E-state index contributed by atoms with van der Waals surface area (Å²) in [5.41, 5.74) is 1.27. The fourth-order valence-corrected chi connectivity index (χ4v) is 2.09. The molecule has 20 heavy (non-hydrogen) atoms. The minimum absolute atomic E-state index is 0.0299. The Balaban J connectivity index is 2.44. The summed E-state index contributed by atoms with van der Waals surface area (Å²) in [5, 5.41) is 6.20. The lowest BCUT2D eigenvalue weighted by Crippen LogP contribution is -2.24. The van der Waals surface area contributed by atoms with Gasteiger partial charge in [0, 0.05) is 12.6 Å².